The first-order valence-electron chi connectivity index (χ1n) is 5.77. The van der Waals surface area contributed by atoms with E-state index in [1.54, 1.807) is 0 Å². The van der Waals surface area contributed by atoms with Crippen molar-refractivity contribution in [3.05, 3.63) is 0 Å². The number of hydrogen-bond donors (Lipinski definition) is 4. The Balaban J connectivity index is 3.94. The van der Waals surface area contributed by atoms with E-state index in [9.17, 15) is 9.59 Å². The Labute approximate surface area is 101 Å². The fourth-order valence-electron chi connectivity index (χ4n) is 1.48. The zero-order valence-corrected chi connectivity index (χ0v) is 10.3. The van der Waals surface area contributed by atoms with E-state index in [1.807, 2.05) is 13.8 Å². The summed E-state index contributed by atoms with van der Waals surface area (Å²) in [5, 5.41) is 20.0. The Morgan fingerprint density at radius 1 is 1.35 bits per heavy atom. The maximum atomic E-state index is 11.6. The monoisotopic (exact) mass is 246 g/mol. The molecule has 0 aromatic rings. The number of nitrogens with one attached hydrogen (secondary N) is 1. The smallest absolute Gasteiger partial charge is 0.332 e. The Morgan fingerprint density at radius 2 is 1.94 bits per heavy atom. The van der Waals surface area contributed by atoms with Crippen LogP contribution >= 0.6 is 0 Å². The number of carbonyl (C=O) groups excluding carboxylic acids is 1. The van der Waals surface area contributed by atoms with Gasteiger partial charge in [-0.05, 0) is 12.3 Å². The molecule has 6 heteroatoms. The molecular weight excluding hydrogens is 224 g/mol. The molecule has 0 saturated heterocycles. The van der Waals surface area contributed by atoms with Crippen LogP contribution in [0.25, 0.3) is 0 Å². The lowest BCUT2D eigenvalue weighted by Crippen LogP contribution is -2.37. The SMILES string of the molecule is CC(C)CC(CN)C(=O)NCC[C@H](O)C(=O)O. The number of nitrogens with two attached hydrogens (primary N) is 1. The van der Waals surface area contributed by atoms with Crippen molar-refractivity contribution < 1.29 is 19.8 Å². The number of aliphatic hydroxyl groups is 1. The Morgan fingerprint density at radius 3 is 2.35 bits per heavy atom. The minimum absolute atomic E-state index is 0.0000430. The van der Waals surface area contributed by atoms with Gasteiger partial charge in [-0.1, -0.05) is 13.8 Å². The molecule has 17 heavy (non-hydrogen) atoms. The molecule has 0 heterocycles. The summed E-state index contributed by atoms with van der Waals surface area (Å²) >= 11 is 0. The highest BCUT2D eigenvalue weighted by Gasteiger charge is 2.19. The van der Waals surface area contributed by atoms with Gasteiger partial charge in [-0.15, -0.1) is 0 Å². The summed E-state index contributed by atoms with van der Waals surface area (Å²) in [6.45, 7) is 4.42. The lowest BCUT2D eigenvalue weighted by Gasteiger charge is -2.17. The average Bonchev–Trinajstić information content (AvgIpc) is 2.24. The van der Waals surface area contributed by atoms with Gasteiger partial charge in [-0.25, -0.2) is 4.79 Å². The number of aliphatic carboxylic acids is 1. The lowest BCUT2D eigenvalue weighted by atomic mass is 9.96. The van der Waals surface area contributed by atoms with Crippen molar-refractivity contribution in [3.63, 3.8) is 0 Å². The van der Waals surface area contributed by atoms with Crippen molar-refractivity contribution in [2.75, 3.05) is 13.1 Å². The van der Waals surface area contributed by atoms with Crippen molar-refractivity contribution >= 4 is 11.9 Å². The molecule has 6 nitrogen and oxygen atoms in total. The van der Waals surface area contributed by atoms with Crippen molar-refractivity contribution in [1.82, 2.24) is 5.32 Å². The molecule has 0 rings (SSSR count). The number of amides is 1. The summed E-state index contributed by atoms with van der Waals surface area (Å²) in [5.41, 5.74) is 5.50. The fraction of sp³-hybridized carbons (Fsp3) is 0.818. The second kappa shape index (κ2) is 8.03. The van der Waals surface area contributed by atoms with Gasteiger partial charge >= 0.3 is 5.97 Å². The van der Waals surface area contributed by atoms with Crippen LogP contribution in [-0.2, 0) is 9.59 Å². The predicted octanol–water partition coefficient (Wildman–Crippen LogP) is -0.441. The summed E-state index contributed by atoms with van der Waals surface area (Å²) < 4.78 is 0. The zero-order valence-electron chi connectivity index (χ0n) is 10.3. The summed E-state index contributed by atoms with van der Waals surface area (Å²) in [7, 11) is 0. The quantitative estimate of drug-likeness (QED) is 0.464. The van der Waals surface area contributed by atoms with E-state index in [1.165, 1.54) is 0 Å². The van der Waals surface area contributed by atoms with E-state index in [-0.39, 0.29) is 31.3 Å². The van der Waals surface area contributed by atoms with Crippen molar-refractivity contribution in [2.24, 2.45) is 17.6 Å². The van der Waals surface area contributed by atoms with Gasteiger partial charge < -0.3 is 21.3 Å². The van der Waals surface area contributed by atoms with Gasteiger partial charge in [0.2, 0.25) is 5.91 Å². The van der Waals surface area contributed by atoms with Gasteiger partial charge in [-0.3, -0.25) is 4.79 Å². The minimum atomic E-state index is -1.43. The lowest BCUT2D eigenvalue weighted by molar-refractivity contribution is -0.147. The molecule has 1 amide bonds. The number of carboxylic acids is 1. The molecular formula is C11H22N2O4. The third-order valence-corrected chi connectivity index (χ3v) is 2.41. The highest BCUT2D eigenvalue weighted by molar-refractivity contribution is 5.79. The summed E-state index contributed by atoms with van der Waals surface area (Å²) in [6, 6.07) is 0. The van der Waals surface area contributed by atoms with Gasteiger partial charge in [0.15, 0.2) is 6.10 Å². The average molecular weight is 246 g/mol. The molecule has 0 aliphatic rings. The van der Waals surface area contributed by atoms with E-state index in [4.69, 9.17) is 15.9 Å². The van der Waals surface area contributed by atoms with Crippen LogP contribution in [0.15, 0.2) is 0 Å². The molecule has 100 valence electrons. The standard InChI is InChI=1S/C11H22N2O4/c1-7(2)5-8(6-12)10(15)13-4-3-9(14)11(16)17/h7-9,14H,3-6,12H2,1-2H3,(H,13,15)(H,16,17)/t8?,9-/m0/s1. The predicted molar refractivity (Wildman–Crippen MR) is 63.3 cm³/mol. The summed E-state index contributed by atoms with van der Waals surface area (Å²) in [6.07, 6.45) is -0.735. The van der Waals surface area contributed by atoms with E-state index < -0.39 is 12.1 Å². The van der Waals surface area contributed by atoms with Gasteiger partial charge in [0, 0.05) is 19.5 Å². The number of aliphatic hydroxyl groups excluding tert-OH is 1. The van der Waals surface area contributed by atoms with Gasteiger partial charge in [0.05, 0.1) is 5.92 Å². The first-order valence-corrected chi connectivity index (χ1v) is 5.77. The van der Waals surface area contributed by atoms with Crippen LogP contribution in [0.5, 0.6) is 0 Å². The maximum absolute atomic E-state index is 11.6. The molecule has 1 unspecified atom stereocenters. The maximum Gasteiger partial charge on any atom is 0.332 e. The van der Waals surface area contributed by atoms with Crippen molar-refractivity contribution in [1.29, 1.82) is 0 Å². The number of hydrogen-bond acceptors (Lipinski definition) is 4. The highest BCUT2D eigenvalue weighted by atomic mass is 16.4. The Hall–Kier alpha value is -1.14. The minimum Gasteiger partial charge on any atom is -0.479 e. The van der Waals surface area contributed by atoms with Crippen LogP contribution in [0.4, 0.5) is 0 Å². The third-order valence-electron chi connectivity index (χ3n) is 2.41. The first kappa shape index (κ1) is 15.9. The van der Waals surface area contributed by atoms with E-state index in [2.05, 4.69) is 5.32 Å². The second-order valence-electron chi connectivity index (χ2n) is 4.50. The molecule has 0 aromatic carbocycles. The van der Waals surface area contributed by atoms with Crippen molar-refractivity contribution in [3.8, 4) is 0 Å². The van der Waals surface area contributed by atoms with Gasteiger partial charge in [0.25, 0.3) is 0 Å². The number of rotatable bonds is 8. The van der Waals surface area contributed by atoms with Crippen LogP contribution in [0.3, 0.4) is 0 Å². The van der Waals surface area contributed by atoms with Crippen LogP contribution in [0.2, 0.25) is 0 Å². The summed E-state index contributed by atoms with van der Waals surface area (Å²) in [5.74, 6) is -1.34. The largest absolute Gasteiger partial charge is 0.479 e. The molecule has 0 aromatic heterocycles. The number of carboxylic acid groups (broad SMARTS) is 1. The fourth-order valence-corrected chi connectivity index (χ4v) is 1.48. The molecule has 0 radical (unpaired) electrons. The molecule has 0 spiro atoms. The van der Waals surface area contributed by atoms with Crippen LogP contribution in [0.1, 0.15) is 26.7 Å². The molecule has 0 bridgehead atoms. The summed E-state index contributed by atoms with van der Waals surface area (Å²) in [4.78, 5) is 22.0. The van der Waals surface area contributed by atoms with Gasteiger partial charge in [-0.2, -0.15) is 0 Å². The highest BCUT2D eigenvalue weighted by Crippen LogP contribution is 2.10. The Kier molecular flexibility index (Phi) is 7.49. The molecule has 2 atom stereocenters. The van der Waals surface area contributed by atoms with Crippen LogP contribution in [0, 0.1) is 11.8 Å². The molecule has 5 N–H and O–H groups in total. The molecule has 0 aliphatic carbocycles. The van der Waals surface area contributed by atoms with Crippen molar-refractivity contribution in [2.45, 2.75) is 32.8 Å². The molecule has 0 aliphatic heterocycles. The molecule has 0 fully saturated rings. The zero-order chi connectivity index (χ0) is 13.4. The third kappa shape index (κ3) is 6.91. The van der Waals surface area contributed by atoms with Gasteiger partial charge in [0.1, 0.15) is 0 Å². The van der Waals surface area contributed by atoms with E-state index >= 15 is 0 Å². The van der Waals surface area contributed by atoms with E-state index in [0.717, 1.165) is 0 Å². The molecule has 0 saturated carbocycles. The topological polar surface area (TPSA) is 113 Å². The normalized spacial score (nSPS) is 14.4. The van der Waals surface area contributed by atoms with Crippen LogP contribution < -0.4 is 11.1 Å². The number of carbonyl (C=O) groups is 2. The Bertz CT molecular complexity index is 256. The van der Waals surface area contributed by atoms with E-state index in [0.29, 0.717) is 12.3 Å². The second-order valence-corrected chi connectivity index (χ2v) is 4.50. The first-order chi connectivity index (χ1) is 7.88. The van der Waals surface area contributed by atoms with Crippen LogP contribution in [-0.4, -0.2) is 41.3 Å².